The second-order valence-corrected chi connectivity index (χ2v) is 8.73. The van der Waals surface area contributed by atoms with E-state index in [0.717, 1.165) is 6.07 Å². The summed E-state index contributed by atoms with van der Waals surface area (Å²) in [6.07, 6.45) is -3.37. The number of carbonyl (C=O) groups excluding carboxylic acids is 1. The third-order valence-corrected chi connectivity index (χ3v) is 5.93. The third kappa shape index (κ3) is 5.87. The van der Waals surface area contributed by atoms with Crippen molar-refractivity contribution in [3.63, 3.8) is 0 Å². The number of halogens is 6. The van der Waals surface area contributed by atoms with Crippen LogP contribution in [0.5, 0.6) is 0 Å². The van der Waals surface area contributed by atoms with E-state index >= 15 is 0 Å². The number of rotatable bonds is 4. The summed E-state index contributed by atoms with van der Waals surface area (Å²) < 4.78 is 77.9. The number of nitrogens with one attached hydrogen (secondary N) is 1. The van der Waals surface area contributed by atoms with Crippen LogP contribution in [0.25, 0.3) is 0 Å². The Morgan fingerprint density at radius 3 is 2.48 bits per heavy atom. The molecule has 1 fully saturated rings. The van der Waals surface area contributed by atoms with Crippen molar-refractivity contribution in [2.45, 2.75) is 48.3 Å². The van der Waals surface area contributed by atoms with Gasteiger partial charge >= 0.3 is 17.7 Å². The van der Waals surface area contributed by atoms with Gasteiger partial charge in [-0.05, 0) is 67.8 Å². The van der Waals surface area contributed by atoms with E-state index in [2.05, 4.69) is 5.32 Å². The zero-order valence-corrected chi connectivity index (χ0v) is 17.3. The lowest BCUT2D eigenvalue weighted by molar-refractivity contribution is -0.138. The van der Waals surface area contributed by atoms with Gasteiger partial charge in [0.05, 0.1) is 5.56 Å². The SMILES string of the molecule is CC1(Cc2ccccc2C(F)(F)F)CCCN1C(=O)Nc1cccc(SC(F)(F)F)c1. The minimum atomic E-state index is -4.50. The summed E-state index contributed by atoms with van der Waals surface area (Å²) in [6, 6.07) is 10.1. The third-order valence-electron chi connectivity index (χ3n) is 5.21. The largest absolute Gasteiger partial charge is 0.446 e. The van der Waals surface area contributed by atoms with Crippen molar-refractivity contribution >= 4 is 23.5 Å². The lowest BCUT2D eigenvalue weighted by Crippen LogP contribution is -2.48. The van der Waals surface area contributed by atoms with E-state index in [-0.39, 0.29) is 34.3 Å². The van der Waals surface area contributed by atoms with Gasteiger partial charge in [-0.3, -0.25) is 0 Å². The van der Waals surface area contributed by atoms with Crippen LogP contribution in [0.2, 0.25) is 0 Å². The van der Waals surface area contributed by atoms with E-state index in [1.807, 2.05) is 0 Å². The smallest absolute Gasteiger partial charge is 0.319 e. The molecule has 1 aliphatic heterocycles. The molecule has 0 aromatic heterocycles. The van der Waals surface area contributed by atoms with Gasteiger partial charge in [0.2, 0.25) is 0 Å². The van der Waals surface area contributed by atoms with E-state index in [0.29, 0.717) is 19.4 Å². The van der Waals surface area contributed by atoms with Crippen LogP contribution in [-0.2, 0) is 12.6 Å². The fraction of sp³-hybridized carbons (Fsp3) is 0.381. The summed E-state index contributed by atoms with van der Waals surface area (Å²) in [5, 5.41) is 2.58. The van der Waals surface area contributed by atoms with E-state index in [9.17, 15) is 31.1 Å². The van der Waals surface area contributed by atoms with Crippen molar-refractivity contribution < 1.29 is 31.1 Å². The number of nitrogens with zero attached hydrogens (tertiary/aromatic N) is 1. The number of hydrogen-bond acceptors (Lipinski definition) is 2. The van der Waals surface area contributed by atoms with Crippen molar-refractivity contribution in [3.05, 3.63) is 59.7 Å². The van der Waals surface area contributed by atoms with E-state index < -0.39 is 28.8 Å². The monoisotopic (exact) mass is 462 g/mol. The Morgan fingerprint density at radius 2 is 1.81 bits per heavy atom. The average Bonchev–Trinajstić information content (AvgIpc) is 3.01. The van der Waals surface area contributed by atoms with Crippen molar-refractivity contribution in [1.82, 2.24) is 4.90 Å². The topological polar surface area (TPSA) is 32.3 Å². The zero-order chi connectivity index (χ0) is 22.9. The first-order valence-corrected chi connectivity index (χ1v) is 10.3. The van der Waals surface area contributed by atoms with Gasteiger partial charge in [0.15, 0.2) is 0 Å². The molecular weight excluding hydrogens is 442 g/mol. The first-order chi connectivity index (χ1) is 14.4. The average molecular weight is 462 g/mol. The Bertz CT molecular complexity index is 946. The van der Waals surface area contributed by atoms with Crippen LogP contribution in [0, 0.1) is 0 Å². The predicted molar refractivity (Wildman–Crippen MR) is 107 cm³/mol. The first kappa shape index (κ1) is 23.3. The molecule has 1 saturated heterocycles. The van der Waals surface area contributed by atoms with Crippen molar-refractivity contribution in [2.75, 3.05) is 11.9 Å². The van der Waals surface area contributed by atoms with Crippen LogP contribution < -0.4 is 5.32 Å². The Labute approximate surface area is 179 Å². The molecule has 2 aromatic carbocycles. The van der Waals surface area contributed by atoms with Gasteiger partial charge in [-0.2, -0.15) is 26.3 Å². The number of benzene rings is 2. The van der Waals surface area contributed by atoms with Crippen molar-refractivity contribution in [2.24, 2.45) is 0 Å². The normalized spacial score (nSPS) is 19.5. The number of hydrogen-bond donors (Lipinski definition) is 1. The second kappa shape index (κ2) is 8.64. The molecule has 3 nitrogen and oxygen atoms in total. The second-order valence-electron chi connectivity index (χ2n) is 7.59. The molecule has 0 bridgehead atoms. The standard InChI is InChI=1S/C21H20F6N2OS/c1-19(13-14-6-2-3-9-17(14)20(22,23)24)10-5-11-29(19)18(30)28-15-7-4-8-16(12-15)31-21(25,26)27/h2-4,6-9,12H,5,10-11,13H2,1H3,(H,28,30). The van der Waals surface area contributed by atoms with Crippen LogP contribution in [-0.4, -0.2) is 28.5 Å². The Hall–Kier alpha value is -2.36. The summed E-state index contributed by atoms with van der Waals surface area (Å²) >= 11 is -0.292. The van der Waals surface area contributed by atoms with Gasteiger partial charge in [-0.1, -0.05) is 24.3 Å². The number of alkyl halides is 6. The van der Waals surface area contributed by atoms with E-state index in [4.69, 9.17) is 0 Å². The fourth-order valence-corrected chi connectivity index (χ4v) is 4.48. The summed E-state index contributed by atoms with van der Waals surface area (Å²) in [7, 11) is 0. The highest BCUT2D eigenvalue weighted by Crippen LogP contribution is 2.39. The summed E-state index contributed by atoms with van der Waals surface area (Å²) in [6.45, 7) is 2.07. The highest BCUT2D eigenvalue weighted by molar-refractivity contribution is 8.00. The molecular formula is C21H20F6N2OS. The highest BCUT2D eigenvalue weighted by atomic mass is 32.2. The van der Waals surface area contributed by atoms with E-state index in [1.165, 1.54) is 47.4 Å². The highest BCUT2D eigenvalue weighted by Gasteiger charge is 2.42. The zero-order valence-electron chi connectivity index (χ0n) is 16.5. The lowest BCUT2D eigenvalue weighted by Gasteiger charge is -2.36. The summed E-state index contributed by atoms with van der Waals surface area (Å²) in [4.78, 5) is 14.2. The molecule has 0 spiro atoms. The Morgan fingerprint density at radius 1 is 1.10 bits per heavy atom. The molecule has 31 heavy (non-hydrogen) atoms. The molecule has 1 heterocycles. The lowest BCUT2D eigenvalue weighted by atomic mass is 9.88. The number of carbonyl (C=O) groups is 1. The minimum absolute atomic E-state index is 0.0140. The van der Waals surface area contributed by atoms with Crippen LogP contribution in [0.15, 0.2) is 53.4 Å². The van der Waals surface area contributed by atoms with Gasteiger partial charge in [0.1, 0.15) is 0 Å². The number of amides is 2. The molecule has 10 heteroatoms. The molecule has 0 radical (unpaired) electrons. The number of urea groups is 1. The molecule has 1 unspecified atom stereocenters. The molecule has 2 aromatic rings. The minimum Gasteiger partial charge on any atom is -0.319 e. The fourth-order valence-electron chi connectivity index (χ4n) is 3.88. The molecule has 3 rings (SSSR count). The number of thioether (sulfide) groups is 1. The summed E-state index contributed by atoms with van der Waals surface area (Å²) in [5.41, 5.74) is -5.77. The maximum atomic E-state index is 13.4. The van der Waals surface area contributed by atoms with Crippen LogP contribution in [0.1, 0.15) is 30.9 Å². The van der Waals surface area contributed by atoms with Crippen molar-refractivity contribution in [3.8, 4) is 0 Å². The van der Waals surface area contributed by atoms with Gasteiger partial charge in [-0.25, -0.2) is 4.79 Å². The number of likely N-dealkylation sites (tertiary alicyclic amines) is 1. The Balaban J connectivity index is 1.78. The summed E-state index contributed by atoms with van der Waals surface area (Å²) in [5.74, 6) is 0. The van der Waals surface area contributed by atoms with Gasteiger partial charge in [0.25, 0.3) is 0 Å². The van der Waals surface area contributed by atoms with Crippen LogP contribution in [0.4, 0.5) is 36.8 Å². The molecule has 2 amide bonds. The predicted octanol–water partition coefficient (Wildman–Crippen LogP) is 6.95. The van der Waals surface area contributed by atoms with Gasteiger partial charge in [0, 0.05) is 22.7 Å². The maximum Gasteiger partial charge on any atom is 0.446 e. The van der Waals surface area contributed by atoms with Crippen molar-refractivity contribution in [1.29, 1.82) is 0 Å². The van der Waals surface area contributed by atoms with Crippen LogP contribution >= 0.6 is 11.8 Å². The van der Waals surface area contributed by atoms with Crippen LogP contribution in [0.3, 0.4) is 0 Å². The maximum absolute atomic E-state index is 13.4. The first-order valence-electron chi connectivity index (χ1n) is 9.47. The quantitative estimate of drug-likeness (QED) is 0.394. The molecule has 168 valence electrons. The van der Waals surface area contributed by atoms with Gasteiger partial charge in [-0.15, -0.1) is 0 Å². The van der Waals surface area contributed by atoms with E-state index in [1.54, 1.807) is 6.92 Å². The molecule has 1 N–H and O–H groups in total. The number of anilines is 1. The van der Waals surface area contributed by atoms with Gasteiger partial charge < -0.3 is 10.2 Å². The Kier molecular flexibility index (Phi) is 6.50. The molecule has 0 saturated carbocycles. The molecule has 1 atom stereocenters. The molecule has 0 aliphatic carbocycles. The molecule has 1 aliphatic rings.